The van der Waals surface area contributed by atoms with Crippen molar-refractivity contribution in [2.75, 3.05) is 37.2 Å². The molecular weight excluding hydrogens is 266 g/mol. The summed E-state index contributed by atoms with van der Waals surface area (Å²) in [6.07, 6.45) is 0.996. The Morgan fingerprint density at radius 2 is 1.95 bits per heavy atom. The number of nitrogen functional groups attached to an aromatic ring is 1. The van der Waals surface area contributed by atoms with Crippen LogP contribution in [0.4, 0.5) is 11.4 Å². The number of hydrogen-bond donors (Lipinski definition) is 2. The molecule has 5 nitrogen and oxygen atoms in total. The Bertz CT molecular complexity index is 648. The molecule has 3 N–H and O–H groups in total. The summed E-state index contributed by atoms with van der Waals surface area (Å²) in [7, 11) is 0. The SMILES string of the molecule is CCN(CC)CCCNc1c(N)c(=O)oc2ccccc12. The second-order valence-electron chi connectivity index (χ2n) is 4.98. The van der Waals surface area contributed by atoms with Gasteiger partial charge in [-0.05, 0) is 38.2 Å². The lowest BCUT2D eigenvalue weighted by Gasteiger charge is -2.18. The van der Waals surface area contributed by atoms with Crippen LogP contribution in [0.1, 0.15) is 20.3 Å². The molecule has 2 rings (SSSR count). The minimum absolute atomic E-state index is 0.150. The first-order valence-electron chi connectivity index (χ1n) is 7.44. The summed E-state index contributed by atoms with van der Waals surface area (Å²) in [5.41, 5.74) is 6.77. The molecule has 1 heterocycles. The van der Waals surface area contributed by atoms with E-state index in [0.717, 1.165) is 38.0 Å². The molecule has 0 spiro atoms. The molecule has 0 aliphatic heterocycles. The largest absolute Gasteiger partial charge is 0.421 e. The monoisotopic (exact) mass is 289 g/mol. The van der Waals surface area contributed by atoms with Crippen molar-refractivity contribution < 1.29 is 4.42 Å². The summed E-state index contributed by atoms with van der Waals surface area (Å²) in [5.74, 6) is 0. The van der Waals surface area contributed by atoms with Crippen LogP contribution in [0, 0.1) is 0 Å². The van der Waals surface area contributed by atoms with Crippen LogP contribution in [-0.4, -0.2) is 31.1 Å². The van der Waals surface area contributed by atoms with E-state index in [1.807, 2.05) is 18.2 Å². The Labute approximate surface area is 124 Å². The zero-order valence-electron chi connectivity index (χ0n) is 12.7. The van der Waals surface area contributed by atoms with Gasteiger partial charge in [0.2, 0.25) is 0 Å². The van der Waals surface area contributed by atoms with Gasteiger partial charge in [0.1, 0.15) is 11.3 Å². The quantitative estimate of drug-likeness (QED) is 0.605. The maximum atomic E-state index is 11.7. The third-order valence-electron chi connectivity index (χ3n) is 3.70. The lowest BCUT2D eigenvalue weighted by Crippen LogP contribution is -2.25. The van der Waals surface area contributed by atoms with E-state index in [2.05, 4.69) is 24.1 Å². The van der Waals surface area contributed by atoms with Crippen LogP contribution in [0.25, 0.3) is 11.0 Å². The van der Waals surface area contributed by atoms with Crippen LogP contribution in [0.2, 0.25) is 0 Å². The number of rotatable bonds is 7. The van der Waals surface area contributed by atoms with Crippen molar-refractivity contribution >= 4 is 22.3 Å². The van der Waals surface area contributed by atoms with E-state index in [1.54, 1.807) is 6.07 Å². The van der Waals surface area contributed by atoms with Crippen molar-refractivity contribution in [3.8, 4) is 0 Å². The van der Waals surface area contributed by atoms with Crippen LogP contribution in [-0.2, 0) is 0 Å². The van der Waals surface area contributed by atoms with Crippen molar-refractivity contribution in [1.29, 1.82) is 0 Å². The van der Waals surface area contributed by atoms with Gasteiger partial charge in [-0.1, -0.05) is 26.0 Å². The van der Waals surface area contributed by atoms with Gasteiger partial charge in [0.05, 0.1) is 5.69 Å². The van der Waals surface area contributed by atoms with E-state index in [1.165, 1.54) is 0 Å². The van der Waals surface area contributed by atoms with E-state index in [0.29, 0.717) is 11.3 Å². The number of benzene rings is 1. The normalized spacial score (nSPS) is 11.2. The lowest BCUT2D eigenvalue weighted by atomic mass is 10.2. The highest BCUT2D eigenvalue weighted by molar-refractivity contribution is 5.95. The molecule has 0 aliphatic rings. The highest BCUT2D eigenvalue weighted by Crippen LogP contribution is 2.26. The second-order valence-corrected chi connectivity index (χ2v) is 4.98. The van der Waals surface area contributed by atoms with Gasteiger partial charge in [-0.25, -0.2) is 4.79 Å². The summed E-state index contributed by atoms with van der Waals surface area (Å²) in [6.45, 7) is 8.22. The van der Waals surface area contributed by atoms with E-state index in [4.69, 9.17) is 10.2 Å². The highest BCUT2D eigenvalue weighted by Gasteiger charge is 2.11. The Morgan fingerprint density at radius 3 is 2.67 bits per heavy atom. The zero-order chi connectivity index (χ0) is 15.2. The number of nitrogens with two attached hydrogens (primary N) is 1. The van der Waals surface area contributed by atoms with Crippen LogP contribution >= 0.6 is 0 Å². The van der Waals surface area contributed by atoms with E-state index in [-0.39, 0.29) is 5.69 Å². The summed E-state index contributed by atoms with van der Waals surface area (Å²) in [4.78, 5) is 14.1. The molecule has 0 amide bonds. The minimum Gasteiger partial charge on any atom is -0.421 e. The number of anilines is 2. The number of para-hydroxylation sites is 1. The predicted octanol–water partition coefficient (Wildman–Crippen LogP) is 2.52. The first-order chi connectivity index (χ1) is 10.2. The van der Waals surface area contributed by atoms with Crippen LogP contribution in [0.5, 0.6) is 0 Å². The standard InChI is InChI=1S/C16H23N3O2/c1-3-19(4-2)11-7-10-18-15-12-8-5-6-9-13(12)21-16(20)14(15)17/h5-6,8-9,18H,3-4,7,10-11,17H2,1-2H3. The topological polar surface area (TPSA) is 71.5 Å². The van der Waals surface area contributed by atoms with Gasteiger partial charge < -0.3 is 20.4 Å². The second kappa shape index (κ2) is 7.13. The fraction of sp³-hybridized carbons (Fsp3) is 0.438. The molecule has 0 atom stereocenters. The van der Waals surface area contributed by atoms with E-state index in [9.17, 15) is 4.79 Å². The van der Waals surface area contributed by atoms with Gasteiger partial charge in [-0.2, -0.15) is 0 Å². The van der Waals surface area contributed by atoms with E-state index < -0.39 is 5.63 Å². The van der Waals surface area contributed by atoms with E-state index >= 15 is 0 Å². The molecule has 0 bridgehead atoms. The number of nitrogens with zero attached hydrogens (tertiary/aromatic N) is 1. The van der Waals surface area contributed by atoms with Gasteiger partial charge in [0.15, 0.2) is 0 Å². The summed E-state index contributed by atoms with van der Waals surface area (Å²) in [5, 5.41) is 4.13. The smallest absolute Gasteiger partial charge is 0.361 e. The maximum Gasteiger partial charge on any atom is 0.361 e. The third kappa shape index (κ3) is 3.55. The van der Waals surface area contributed by atoms with Crippen LogP contribution in [0.15, 0.2) is 33.5 Å². The molecular formula is C16H23N3O2. The van der Waals surface area contributed by atoms with Crippen molar-refractivity contribution in [1.82, 2.24) is 4.90 Å². The van der Waals surface area contributed by atoms with Gasteiger partial charge in [-0.15, -0.1) is 0 Å². The van der Waals surface area contributed by atoms with Crippen LogP contribution < -0.4 is 16.7 Å². The average molecular weight is 289 g/mol. The van der Waals surface area contributed by atoms with Gasteiger partial charge in [-0.3, -0.25) is 0 Å². The molecule has 0 saturated heterocycles. The Kier molecular flexibility index (Phi) is 5.22. The fourth-order valence-corrected chi connectivity index (χ4v) is 2.41. The molecule has 0 saturated carbocycles. The average Bonchev–Trinajstić information content (AvgIpc) is 2.51. The number of fused-ring (bicyclic) bond motifs is 1. The van der Waals surface area contributed by atoms with Crippen molar-refractivity contribution in [2.45, 2.75) is 20.3 Å². The highest BCUT2D eigenvalue weighted by atomic mass is 16.4. The molecule has 114 valence electrons. The fourth-order valence-electron chi connectivity index (χ4n) is 2.41. The van der Waals surface area contributed by atoms with Gasteiger partial charge in [0, 0.05) is 11.9 Å². The third-order valence-corrected chi connectivity index (χ3v) is 3.70. The minimum atomic E-state index is -0.486. The molecule has 0 radical (unpaired) electrons. The Morgan fingerprint density at radius 1 is 1.24 bits per heavy atom. The Balaban J connectivity index is 2.11. The van der Waals surface area contributed by atoms with Crippen molar-refractivity contribution in [3.63, 3.8) is 0 Å². The first-order valence-corrected chi connectivity index (χ1v) is 7.44. The molecule has 2 aromatic rings. The molecule has 5 heteroatoms. The van der Waals surface area contributed by atoms with Gasteiger partial charge >= 0.3 is 5.63 Å². The zero-order valence-corrected chi connectivity index (χ0v) is 12.7. The molecule has 1 aromatic carbocycles. The van der Waals surface area contributed by atoms with Gasteiger partial charge in [0.25, 0.3) is 0 Å². The molecule has 21 heavy (non-hydrogen) atoms. The number of nitrogens with one attached hydrogen (secondary N) is 1. The first kappa shape index (κ1) is 15.4. The maximum absolute atomic E-state index is 11.7. The molecule has 0 aliphatic carbocycles. The predicted molar refractivity (Wildman–Crippen MR) is 87.8 cm³/mol. The Hall–Kier alpha value is -2.01. The summed E-state index contributed by atoms with van der Waals surface area (Å²) in [6, 6.07) is 7.42. The summed E-state index contributed by atoms with van der Waals surface area (Å²) < 4.78 is 5.18. The van der Waals surface area contributed by atoms with Crippen molar-refractivity contribution in [3.05, 3.63) is 34.7 Å². The molecule has 0 unspecified atom stereocenters. The van der Waals surface area contributed by atoms with Crippen molar-refractivity contribution in [2.24, 2.45) is 0 Å². The summed E-state index contributed by atoms with van der Waals surface area (Å²) >= 11 is 0. The lowest BCUT2D eigenvalue weighted by molar-refractivity contribution is 0.303. The molecule has 0 fully saturated rings. The number of hydrogen-bond acceptors (Lipinski definition) is 5. The molecule has 1 aromatic heterocycles. The van der Waals surface area contributed by atoms with Crippen LogP contribution in [0.3, 0.4) is 0 Å².